The van der Waals surface area contributed by atoms with E-state index in [2.05, 4.69) is 0 Å². The second-order valence-corrected chi connectivity index (χ2v) is 8.21. The molecule has 2 heterocycles. The Morgan fingerprint density at radius 3 is 2.03 bits per heavy atom. The van der Waals surface area contributed by atoms with Gasteiger partial charge in [0.1, 0.15) is 0 Å². The van der Waals surface area contributed by atoms with Gasteiger partial charge in [0, 0.05) is 48.1 Å². The van der Waals surface area contributed by atoms with Gasteiger partial charge < -0.3 is 4.57 Å². The average Bonchev–Trinajstić information content (AvgIpc) is 3.39. The topological polar surface area (TPSA) is 59.4 Å². The quantitative estimate of drug-likeness (QED) is 0.501. The van der Waals surface area contributed by atoms with Gasteiger partial charge in [-0.3, -0.25) is 19.3 Å². The van der Waals surface area contributed by atoms with Gasteiger partial charge in [-0.15, -0.1) is 0 Å². The van der Waals surface area contributed by atoms with Crippen LogP contribution >= 0.6 is 0 Å². The molecule has 2 aliphatic rings. The molecule has 5 nitrogen and oxygen atoms in total. The first kappa shape index (κ1) is 18.7. The number of ketones is 3. The Morgan fingerprint density at radius 1 is 0.867 bits per heavy atom. The van der Waals surface area contributed by atoms with Crippen LogP contribution in [0.2, 0.25) is 0 Å². The summed E-state index contributed by atoms with van der Waals surface area (Å²) in [6, 6.07) is 19.8. The van der Waals surface area contributed by atoms with E-state index >= 15 is 0 Å². The van der Waals surface area contributed by atoms with Gasteiger partial charge in [0.05, 0.1) is 5.92 Å². The van der Waals surface area contributed by atoms with Crippen molar-refractivity contribution < 1.29 is 14.4 Å². The SMILES string of the molecule is CN1C[C@H](c2cccn2C)[C@@H](C(=O)c2ccccc2)C12C(=O)c1ccccc1C2=O. The van der Waals surface area contributed by atoms with Crippen LogP contribution in [0.1, 0.15) is 42.7 Å². The summed E-state index contributed by atoms with van der Waals surface area (Å²) in [6.07, 6.45) is 1.93. The molecule has 1 aliphatic heterocycles. The van der Waals surface area contributed by atoms with Gasteiger partial charge in [-0.05, 0) is 19.2 Å². The van der Waals surface area contributed by atoms with Crippen LogP contribution in [0.5, 0.6) is 0 Å². The first-order chi connectivity index (χ1) is 14.5. The summed E-state index contributed by atoms with van der Waals surface area (Å²) in [5.41, 5.74) is 0.781. The van der Waals surface area contributed by atoms with Crippen molar-refractivity contribution in [1.29, 1.82) is 0 Å². The number of rotatable bonds is 3. The summed E-state index contributed by atoms with van der Waals surface area (Å²) >= 11 is 0. The van der Waals surface area contributed by atoms with Crippen LogP contribution in [0.15, 0.2) is 72.9 Å². The van der Waals surface area contributed by atoms with E-state index in [1.54, 1.807) is 48.3 Å². The van der Waals surface area contributed by atoms with Crippen LogP contribution in [0.25, 0.3) is 0 Å². The molecule has 2 aromatic carbocycles. The molecule has 5 rings (SSSR count). The minimum Gasteiger partial charge on any atom is -0.354 e. The van der Waals surface area contributed by atoms with Crippen molar-refractivity contribution in [2.24, 2.45) is 13.0 Å². The van der Waals surface area contributed by atoms with Crippen LogP contribution in [-0.2, 0) is 7.05 Å². The predicted molar refractivity (Wildman–Crippen MR) is 113 cm³/mol. The van der Waals surface area contributed by atoms with Crippen LogP contribution in [0.3, 0.4) is 0 Å². The fraction of sp³-hybridized carbons (Fsp3) is 0.240. The van der Waals surface area contributed by atoms with E-state index in [4.69, 9.17) is 0 Å². The van der Waals surface area contributed by atoms with Crippen LogP contribution < -0.4 is 0 Å². The highest BCUT2D eigenvalue weighted by molar-refractivity contribution is 6.35. The van der Waals surface area contributed by atoms with Crippen molar-refractivity contribution >= 4 is 17.3 Å². The lowest BCUT2D eigenvalue weighted by Crippen LogP contribution is -2.57. The molecule has 0 unspecified atom stereocenters. The van der Waals surface area contributed by atoms with Crippen LogP contribution in [0, 0.1) is 5.92 Å². The van der Waals surface area contributed by atoms with Gasteiger partial charge in [-0.2, -0.15) is 0 Å². The Bertz CT molecular complexity index is 1140. The molecule has 1 aliphatic carbocycles. The number of likely N-dealkylation sites (N-methyl/N-ethyl adjacent to an activating group) is 1. The first-order valence-electron chi connectivity index (χ1n) is 10.1. The number of nitrogens with zero attached hydrogens (tertiary/aromatic N) is 2. The highest BCUT2D eigenvalue weighted by Crippen LogP contribution is 2.51. The second kappa shape index (κ2) is 6.61. The van der Waals surface area contributed by atoms with Crippen molar-refractivity contribution in [3.63, 3.8) is 0 Å². The van der Waals surface area contributed by atoms with Gasteiger partial charge in [0.15, 0.2) is 22.9 Å². The Morgan fingerprint density at radius 2 is 1.47 bits per heavy atom. The van der Waals surface area contributed by atoms with Gasteiger partial charge >= 0.3 is 0 Å². The number of carbonyl (C=O) groups is 3. The summed E-state index contributed by atoms with van der Waals surface area (Å²) in [7, 11) is 3.72. The van der Waals surface area contributed by atoms with Crippen LogP contribution in [-0.4, -0.2) is 45.9 Å². The third-order valence-electron chi connectivity index (χ3n) is 6.74. The van der Waals surface area contributed by atoms with E-state index in [-0.39, 0.29) is 23.3 Å². The van der Waals surface area contributed by atoms with Gasteiger partial charge in [-0.25, -0.2) is 0 Å². The van der Waals surface area contributed by atoms with Crippen molar-refractivity contribution in [1.82, 2.24) is 9.47 Å². The van der Waals surface area contributed by atoms with Crippen molar-refractivity contribution in [2.45, 2.75) is 11.5 Å². The molecule has 30 heavy (non-hydrogen) atoms. The maximum absolute atomic E-state index is 13.9. The minimum atomic E-state index is -1.51. The van der Waals surface area contributed by atoms with E-state index in [9.17, 15) is 14.4 Å². The van der Waals surface area contributed by atoms with Gasteiger partial charge in [0.2, 0.25) is 0 Å². The Labute approximate surface area is 174 Å². The molecule has 3 aromatic rings. The summed E-state index contributed by atoms with van der Waals surface area (Å²) in [6.45, 7) is 0.451. The lowest BCUT2D eigenvalue weighted by molar-refractivity contribution is 0.0515. The number of hydrogen-bond acceptors (Lipinski definition) is 4. The lowest BCUT2D eigenvalue weighted by atomic mass is 9.71. The summed E-state index contributed by atoms with van der Waals surface area (Å²) in [4.78, 5) is 43.2. The largest absolute Gasteiger partial charge is 0.354 e. The molecule has 0 radical (unpaired) electrons. The standard InChI is InChI=1S/C25H22N2O3/c1-26-14-8-13-20(26)19-15-27(2)25(21(19)22(28)16-9-4-3-5-10-16)23(29)17-11-6-7-12-18(17)24(25)30/h3-14,19,21H,15H2,1-2H3/t19-,21+/m1/s1. The summed E-state index contributed by atoms with van der Waals surface area (Å²) in [5, 5.41) is 0. The maximum Gasteiger partial charge on any atom is 0.192 e. The first-order valence-corrected chi connectivity index (χ1v) is 10.1. The normalized spacial score (nSPS) is 22.6. The van der Waals surface area contributed by atoms with Gasteiger partial charge in [0.25, 0.3) is 0 Å². The monoisotopic (exact) mass is 398 g/mol. The zero-order valence-corrected chi connectivity index (χ0v) is 16.9. The Kier molecular flexibility index (Phi) is 4.12. The molecule has 1 spiro atoms. The fourth-order valence-corrected chi connectivity index (χ4v) is 5.37. The summed E-state index contributed by atoms with van der Waals surface area (Å²) < 4.78 is 1.97. The number of hydrogen-bond donors (Lipinski definition) is 0. The molecule has 1 saturated heterocycles. The molecule has 2 atom stereocenters. The zero-order valence-electron chi connectivity index (χ0n) is 16.9. The molecule has 0 saturated carbocycles. The van der Waals surface area contributed by atoms with E-state index in [0.29, 0.717) is 23.2 Å². The second-order valence-electron chi connectivity index (χ2n) is 8.21. The molecule has 5 heteroatoms. The highest BCUT2D eigenvalue weighted by atomic mass is 16.2. The smallest absolute Gasteiger partial charge is 0.192 e. The summed E-state index contributed by atoms with van der Waals surface area (Å²) in [5.74, 6) is -1.77. The van der Waals surface area contributed by atoms with E-state index in [1.165, 1.54) is 0 Å². The van der Waals surface area contributed by atoms with Crippen molar-refractivity contribution in [3.8, 4) is 0 Å². The molecular formula is C25H22N2O3. The lowest BCUT2D eigenvalue weighted by Gasteiger charge is -2.34. The number of benzene rings is 2. The van der Waals surface area contributed by atoms with Crippen molar-refractivity contribution in [2.75, 3.05) is 13.6 Å². The third kappa shape index (κ3) is 2.30. The zero-order chi connectivity index (χ0) is 21.0. The molecule has 1 fully saturated rings. The molecule has 0 N–H and O–H groups in total. The Balaban J connectivity index is 1.74. The van der Waals surface area contributed by atoms with E-state index in [0.717, 1.165) is 5.69 Å². The molecular weight excluding hydrogens is 376 g/mol. The number of carbonyl (C=O) groups excluding carboxylic acids is 3. The predicted octanol–water partition coefficient (Wildman–Crippen LogP) is 3.37. The number of Topliss-reactive ketones (excluding diaryl/α,β-unsaturated/α-hetero) is 3. The minimum absolute atomic E-state index is 0.166. The molecule has 0 amide bonds. The third-order valence-corrected chi connectivity index (χ3v) is 6.74. The van der Waals surface area contributed by atoms with Gasteiger partial charge in [-0.1, -0.05) is 54.6 Å². The maximum atomic E-state index is 13.9. The van der Waals surface area contributed by atoms with Crippen LogP contribution in [0.4, 0.5) is 0 Å². The molecule has 1 aromatic heterocycles. The van der Waals surface area contributed by atoms with Crippen molar-refractivity contribution in [3.05, 3.63) is 95.3 Å². The average molecular weight is 398 g/mol. The Hall–Kier alpha value is -3.31. The molecule has 0 bridgehead atoms. The number of fused-ring (bicyclic) bond motifs is 1. The highest BCUT2D eigenvalue weighted by Gasteiger charge is 2.68. The number of aromatic nitrogens is 1. The fourth-order valence-electron chi connectivity index (χ4n) is 5.37. The van der Waals surface area contributed by atoms with E-state index in [1.807, 2.05) is 48.1 Å². The number of aryl methyl sites for hydroxylation is 1. The number of likely N-dealkylation sites (tertiary alicyclic amines) is 1. The van der Waals surface area contributed by atoms with E-state index < -0.39 is 11.5 Å². The molecule has 150 valence electrons.